The van der Waals surface area contributed by atoms with Crippen molar-refractivity contribution in [1.29, 1.82) is 5.26 Å². The highest BCUT2D eigenvalue weighted by molar-refractivity contribution is 5.83. The first-order chi connectivity index (χ1) is 8.06. The fourth-order valence-electron chi connectivity index (χ4n) is 1.96. The van der Waals surface area contributed by atoms with E-state index in [2.05, 4.69) is 5.32 Å². The van der Waals surface area contributed by atoms with Crippen molar-refractivity contribution >= 4 is 11.7 Å². The topological polar surface area (TPSA) is 73.1 Å². The van der Waals surface area contributed by atoms with Gasteiger partial charge < -0.3 is 10.4 Å². The van der Waals surface area contributed by atoms with E-state index < -0.39 is 11.5 Å². The molecule has 4 heteroatoms. The third-order valence-corrected chi connectivity index (χ3v) is 3.23. The van der Waals surface area contributed by atoms with Crippen LogP contribution in [0, 0.1) is 17.2 Å². The number of anilines is 1. The molecule has 0 bridgehead atoms. The van der Waals surface area contributed by atoms with E-state index in [9.17, 15) is 9.90 Å². The highest BCUT2D eigenvalue weighted by atomic mass is 16.4. The first-order valence-electron chi connectivity index (χ1n) is 5.58. The molecule has 0 spiro atoms. The predicted octanol–water partition coefficient (Wildman–Crippen LogP) is 2.22. The lowest BCUT2D eigenvalue weighted by atomic mass is 9.95. The van der Waals surface area contributed by atoms with Crippen molar-refractivity contribution in [3.63, 3.8) is 0 Å². The molecule has 1 atom stereocenters. The Bertz CT molecular complexity index is 488. The predicted molar refractivity (Wildman–Crippen MR) is 63.5 cm³/mol. The molecule has 0 saturated heterocycles. The molecule has 1 fully saturated rings. The number of nitrogens with one attached hydrogen (secondary N) is 1. The van der Waals surface area contributed by atoms with Crippen LogP contribution in [-0.2, 0) is 4.79 Å². The number of aliphatic carboxylic acids is 1. The Morgan fingerprint density at radius 3 is 2.82 bits per heavy atom. The third-order valence-electron chi connectivity index (χ3n) is 3.23. The van der Waals surface area contributed by atoms with E-state index in [1.807, 2.05) is 6.07 Å². The highest BCUT2D eigenvalue weighted by Gasteiger charge is 2.47. The van der Waals surface area contributed by atoms with Gasteiger partial charge in [0.05, 0.1) is 11.6 Å². The van der Waals surface area contributed by atoms with Crippen LogP contribution in [0.2, 0.25) is 0 Å². The Morgan fingerprint density at radius 2 is 2.29 bits per heavy atom. The van der Waals surface area contributed by atoms with E-state index in [-0.39, 0.29) is 5.92 Å². The summed E-state index contributed by atoms with van der Waals surface area (Å²) in [6.45, 7) is 1.70. The van der Waals surface area contributed by atoms with Crippen molar-refractivity contribution in [2.24, 2.45) is 5.92 Å². The van der Waals surface area contributed by atoms with Crippen LogP contribution in [0.1, 0.15) is 25.3 Å². The molecule has 1 aliphatic carbocycles. The van der Waals surface area contributed by atoms with Crippen LogP contribution < -0.4 is 5.32 Å². The number of nitriles is 1. The van der Waals surface area contributed by atoms with Gasteiger partial charge in [-0.3, -0.25) is 0 Å². The van der Waals surface area contributed by atoms with Crippen LogP contribution in [0.4, 0.5) is 5.69 Å². The smallest absolute Gasteiger partial charge is 0.329 e. The summed E-state index contributed by atoms with van der Waals surface area (Å²) in [5.74, 6) is -0.673. The summed E-state index contributed by atoms with van der Waals surface area (Å²) in [6.07, 6.45) is 1.88. The monoisotopic (exact) mass is 230 g/mol. The normalized spacial score (nSPS) is 17.9. The maximum atomic E-state index is 11.3. The van der Waals surface area contributed by atoms with Crippen molar-refractivity contribution in [1.82, 2.24) is 0 Å². The van der Waals surface area contributed by atoms with Crippen LogP contribution >= 0.6 is 0 Å². The summed E-state index contributed by atoms with van der Waals surface area (Å²) in [4.78, 5) is 11.3. The van der Waals surface area contributed by atoms with Gasteiger partial charge >= 0.3 is 5.97 Å². The summed E-state index contributed by atoms with van der Waals surface area (Å²) in [7, 11) is 0. The Labute approximate surface area is 99.9 Å². The molecular formula is C13H14N2O2. The molecule has 1 aliphatic rings. The molecule has 0 heterocycles. The van der Waals surface area contributed by atoms with Crippen LogP contribution in [0.25, 0.3) is 0 Å². The van der Waals surface area contributed by atoms with Gasteiger partial charge in [-0.25, -0.2) is 4.79 Å². The molecule has 1 aromatic rings. The largest absolute Gasteiger partial charge is 0.480 e. The van der Waals surface area contributed by atoms with E-state index >= 15 is 0 Å². The van der Waals surface area contributed by atoms with Gasteiger partial charge in [0.25, 0.3) is 0 Å². The first-order valence-corrected chi connectivity index (χ1v) is 5.58. The number of rotatable bonds is 4. The summed E-state index contributed by atoms with van der Waals surface area (Å²) in [6, 6.07) is 8.93. The second kappa shape index (κ2) is 4.10. The number of carboxylic acids is 1. The summed E-state index contributed by atoms with van der Waals surface area (Å²) in [5, 5.41) is 21.1. The van der Waals surface area contributed by atoms with Crippen molar-refractivity contribution < 1.29 is 9.90 Å². The quantitative estimate of drug-likeness (QED) is 0.831. The van der Waals surface area contributed by atoms with Crippen LogP contribution in [0.3, 0.4) is 0 Å². The van der Waals surface area contributed by atoms with Gasteiger partial charge in [0.2, 0.25) is 0 Å². The van der Waals surface area contributed by atoms with Crippen LogP contribution in [0.15, 0.2) is 24.3 Å². The van der Waals surface area contributed by atoms with E-state index in [0.29, 0.717) is 11.3 Å². The maximum Gasteiger partial charge on any atom is 0.329 e. The minimum Gasteiger partial charge on any atom is -0.480 e. The SMILES string of the molecule is CC(Nc1cccc(C#N)c1)(C(=O)O)C1CC1. The first kappa shape index (κ1) is 11.5. The maximum absolute atomic E-state index is 11.3. The average molecular weight is 230 g/mol. The molecular weight excluding hydrogens is 216 g/mol. The molecule has 1 aromatic carbocycles. The second-order valence-electron chi connectivity index (χ2n) is 4.60. The fourth-order valence-corrected chi connectivity index (χ4v) is 1.96. The van der Waals surface area contributed by atoms with Crippen molar-refractivity contribution in [2.45, 2.75) is 25.3 Å². The summed E-state index contributed by atoms with van der Waals surface area (Å²) >= 11 is 0. The minimum atomic E-state index is -0.936. The Kier molecular flexibility index (Phi) is 2.76. The molecule has 0 aromatic heterocycles. The lowest BCUT2D eigenvalue weighted by molar-refractivity contribution is -0.142. The Hall–Kier alpha value is -2.02. The lowest BCUT2D eigenvalue weighted by Crippen LogP contribution is -2.45. The zero-order valence-electron chi connectivity index (χ0n) is 9.60. The molecule has 2 N–H and O–H groups in total. The molecule has 0 radical (unpaired) electrons. The van der Waals surface area contributed by atoms with Crippen molar-refractivity contribution in [3.05, 3.63) is 29.8 Å². The molecule has 2 rings (SSSR count). The standard InChI is InChI=1S/C13H14N2O2/c1-13(12(16)17,10-5-6-10)15-11-4-2-3-9(7-11)8-14/h2-4,7,10,15H,5-6H2,1H3,(H,16,17). The molecule has 0 amide bonds. The number of benzene rings is 1. The van der Waals surface area contributed by atoms with E-state index in [0.717, 1.165) is 12.8 Å². The van der Waals surface area contributed by atoms with Gasteiger partial charge in [0.1, 0.15) is 5.54 Å². The number of hydrogen-bond donors (Lipinski definition) is 2. The van der Waals surface area contributed by atoms with Gasteiger partial charge in [-0.2, -0.15) is 5.26 Å². The molecule has 1 unspecified atom stereocenters. The van der Waals surface area contributed by atoms with Gasteiger partial charge in [-0.05, 0) is 43.9 Å². The summed E-state index contributed by atoms with van der Waals surface area (Å²) < 4.78 is 0. The Morgan fingerprint density at radius 1 is 1.59 bits per heavy atom. The molecule has 4 nitrogen and oxygen atoms in total. The minimum absolute atomic E-state index is 0.172. The highest BCUT2D eigenvalue weighted by Crippen LogP contribution is 2.41. The van der Waals surface area contributed by atoms with Gasteiger partial charge in [0, 0.05) is 5.69 Å². The molecule has 88 valence electrons. The van der Waals surface area contributed by atoms with Crippen molar-refractivity contribution in [2.75, 3.05) is 5.32 Å². The number of carboxylic acid groups (broad SMARTS) is 1. The second-order valence-corrected chi connectivity index (χ2v) is 4.60. The van der Waals surface area contributed by atoms with Crippen LogP contribution in [-0.4, -0.2) is 16.6 Å². The van der Waals surface area contributed by atoms with E-state index in [4.69, 9.17) is 5.26 Å². The summed E-state index contributed by atoms with van der Waals surface area (Å²) in [5.41, 5.74) is 0.271. The number of carbonyl (C=O) groups is 1. The zero-order valence-corrected chi connectivity index (χ0v) is 9.60. The Balaban J connectivity index is 2.23. The number of nitrogens with zero attached hydrogens (tertiary/aromatic N) is 1. The molecule has 1 saturated carbocycles. The van der Waals surface area contributed by atoms with Crippen molar-refractivity contribution in [3.8, 4) is 6.07 Å². The zero-order chi connectivity index (χ0) is 12.5. The van der Waals surface area contributed by atoms with Crippen LogP contribution in [0.5, 0.6) is 0 Å². The average Bonchev–Trinajstić information content (AvgIpc) is 3.13. The van der Waals surface area contributed by atoms with Gasteiger partial charge in [0.15, 0.2) is 0 Å². The van der Waals surface area contributed by atoms with E-state index in [1.165, 1.54) is 0 Å². The van der Waals surface area contributed by atoms with E-state index in [1.54, 1.807) is 31.2 Å². The fraction of sp³-hybridized carbons (Fsp3) is 0.385. The number of hydrogen-bond acceptors (Lipinski definition) is 3. The van der Waals surface area contributed by atoms with Gasteiger partial charge in [-0.15, -0.1) is 0 Å². The lowest BCUT2D eigenvalue weighted by Gasteiger charge is -2.27. The third kappa shape index (κ3) is 2.23. The molecule has 17 heavy (non-hydrogen) atoms. The van der Waals surface area contributed by atoms with Gasteiger partial charge in [-0.1, -0.05) is 6.07 Å². The molecule has 0 aliphatic heterocycles.